The molecule has 0 N–H and O–H groups in total. The molecule has 5 heteroatoms. The van der Waals surface area contributed by atoms with Crippen LogP contribution in [0.25, 0.3) is 0 Å². The van der Waals surface area contributed by atoms with E-state index in [2.05, 4.69) is 0 Å². The number of hydrogen-bond acceptors (Lipinski definition) is 4. The molecule has 0 spiro atoms. The fourth-order valence-electron chi connectivity index (χ4n) is 2.22. The highest BCUT2D eigenvalue weighted by molar-refractivity contribution is 6.09. The quantitative estimate of drug-likeness (QED) is 0.630. The van der Waals surface area contributed by atoms with E-state index in [4.69, 9.17) is 4.74 Å². The molecular weight excluding hydrogens is 270 g/mol. The fourth-order valence-corrected chi connectivity index (χ4v) is 2.22. The van der Waals surface area contributed by atoms with E-state index in [1.807, 2.05) is 0 Å². The summed E-state index contributed by atoms with van der Waals surface area (Å²) in [5, 5.41) is 0. The average Bonchev–Trinajstić information content (AvgIpc) is 2.36. The number of amides is 2. The van der Waals surface area contributed by atoms with Gasteiger partial charge in [-0.15, -0.1) is 0 Å². The van der Waals surface area contributed by atoms with Crippen LogP contribution in [0.2, 0.25) is 0 Å². The van der Waals surface area contributed by atoms with Gasteiger partial charge in [-0.1, -0.05) is 18.2 Å². The molecule has 1 aromatic rings. The summed E-state index contributed by atoms with van der Waals surface area (Å²) in [5.74, 6) is -1.03. The van der Waals surface area contributed by atoms with Gasteiger partial charge in [0.2, 0.25) is 5.91 Å². The largest absolute Gasteiger partial charge is 0.460 e. The van der Waals surface area contributed by atoms with Crippen LogP contribution >= 0.6 is 0 Å². The number of carbonyl (C=O) groups excluding carboxylic acids is 3. The first-order chi connectivity index (χ1) is 9.78. The molecule has 2 rings (SSSR count). The van der Waals surface area contributed by atoms with Crippen molar-refractivity contribution in [1.82, 2.24) is 4.90 Å². The zero-order valence-corrected chi connectivity index (χ0v) is 12.5. The Bertz CT molecular complexity index is 586. The number of esters is 1. The van der Waals surface area contributed by atoms with Gasteiger partial charge in [0.05, 0.1) is 12.8 Å². The third kappa shape index (κ3) is 3.68. The molecule has 0 atom stereocenters. The lowest BCUT2D eigenvalue weighted by Crippen LogP contribution is -2.43. The van der Waals surface area contributed by atoms with Crippen molar-refractivity contribution in [2.75, 3.05) is 6.54 Å². The van der Waals surface area contributed by atoms with Crippen molar-refractivity contribution in [3.05, 3.63) is 35.4 Å². The molecule has 5 nitrogen and oxygen atoms in total. The van der Waals surface area contributed by atoms with Gasteiger partial charge in [0, 0.05) is 12.1 Å². The van der Waals surface area contributed by atoms with Crippen LogP contribution in [0.1, 0.15) is 43.1 Å². The van der Waals surface area contributed by atoms with Crippen LogP contribution in [0.5, 0.6) is 0 Å². The van der Waals surface area contributed by atoms with E-state index in [0.29, 0.717) is 5.56 Å². The highest BCUT2D eigenvalue weighted by atomic mass is 16.6. The second-order valence-corrected chi connectivity index (χ2v) is 6.02. The first-order valence-electron chi connectivity index (χ1n) is 6.92. The van der Waals surface area contributed by atoms with Gasteiger partial charge in [-0.3, -0.25) is 19.3 Å². The second-order valence-electron chi connectivity index (χ2n) is 6.02. The summed E-state index contributed by atoms with van der Waals surface area (Å²) in [6.07, 6.45) is 0.202. The maximum Gasteiger partial charge on any atom is 0.308 e. The highest BCUT2D eigenvalue weighted by Gasteiger charge is 2.31. The molecule has 112 valence electrons. The number of hydrogen-bond donors (Lipinski definition) is 0. The number of ether oxygens (including phenoxy) is 1. The van der Waals surface area contributed by atoms with Crippen LogP contribution in [-0.2, 0) is 20.7 Å². The smallest absolute Gasteiger partial charge is 0.308 e. The topological polar surface area (TPSA) is 63.7 Å². The van der Waals surface area contributed by atoms with Gasteiger partial charge in [-0.05, 0) is 32.4 Å². The minimum absolute atomic E-state index is 0.0108. The minimum Gasteiger partial charge on any atom is -0.460 e. The van der Waals surface area contributed by atoms with Crippen LogP contribution in [0.3, 0.4) is 0 Å². The predicted octanol–water partition coefficient (Wildman–Crippen LogP) is 1.94. The predicted molar refractivity (Wildman–Crippen MR) is 76.7 cm³/mol. The molecule has 0 unspecified atom stereocenters. The highest BCUT2D eigenvalue weighted by Crippen LogP contribution is 2.20. The van der Waals surface area contributed by atoms with Crippen molar-refractivity contribution in [3.8, 4) is 0 Å². The molecule has 1 heterocycles. The number of nitrogens with zero attached hydrogens (tertiary/aromatic N) is 1. The number of carbonyl (C=O) groups is 3. The Kier molecular flexibility index (Phi) is 4.11. The Morgan fingerprint density at radius 1 is 1.24 bits per heavy atom. The molecule has 21 heavy (non-hydrogen) atoms. The summed E-state index contributed by atoms with van der Waals surface area (Å²) >= 11 is 0. The Morgan fingerprint density at radius 3 is 2.57 bits per heavy atom. The maximum absolute atomic E-state index is 12.3. The molecule has 1 aliphatic heterocycles. The van der Waals surface area contributed by atoms with Crippen LogP contribution in [-0.4, -0.2) is 34.8 Å². The number of rotatable bonds is 3. The van der Waals surface area contributed by atoms with Crippen molar-refractivity contribution in [1.29, 1.82) is 0 Å². The Hall–Kier alpha value is -2.17. The lowest BCUT2D eigenvalue weighted by atomic mass is 9.98. The molecule has 0 saturated carbocycles. The third-order valence-corrected chi connectivity index (χ3v) is 3.10. The van der Waals surface area contributed by atoms with Crippen molar-refractivity contribution in [3.63, 3.8) is 0 Å². The summed E-state index contributed by atoms with van der Waals surface area (Å²) in [6.45, 7) is 5.38. The van der Waals surface area contributed by atoms with Crippen molar-refractivity contribution >= 4 is 17.8 Å². The second kappa shape index (κ2) is 5.68. The van der Waals surface area contributed by atoms with E-state index in [9.17, 15) is 14.4 Å². The summed E-state index contributed by atoms with van der Waals surface area (Å²) in [4.78, 5) is 37.1. The molecule has 0 saturated heterocycles. The Morgan fingerprint density at radius 2 is 1.90 bits per heavy atom. The first-order valence-corrected chi connectivity index (χ1v) is 6.92. The van der Waals surface area contributed by atoms with Gasteiger partial charge in [0.25, 0.3) is 5.91 Å². The SMILES string of the molecule is CC(C)(C)OC(=O)CCN1C(=O)Cc2ccccc2C1=O. The fraction of sp³-hybridized carbons (Fsp3) is 0.438. The third-order valence-electron chi connectivity index (χ3n) is 3.10. The van der Waals surface area contributed by atoms with Crippen molar-refractivity contribution in [2.45, 2.75) is 39.2 Å². The standard InChI is InChI=1S/C16H19NO4/c1-16(2,3)21-14(19)8-9-17-13(18)10-11-6-4-5-7-12(11)15(17)20/h4-7H,8-10H2,1-3H3. The van der Waals surface area contributed by atoms with Crippen molar-refractivity contribution in [2.24, 2.45) is 0 Å². The van der Waals surface area contributed by atoms with Gasteiger partial charge >= 0.3 is 5.97 Å². The van der Waals surface area contributed by atoms with E-state index in [0.717, 1.165) is 10.5 Å². The molecule has 0 bridgehead atoms. The minimum atomic E-state index is -0.570. The molecule has 1 aliphatic rings. The van der Waals surface area contributed by atoms with E-state index in [1.165, 1.54) is 0 Å². The molecule has 1 aromatic carbocycles. The van der Waals surface area contributed by atoms with Gasteiger partial charge in [0.1, 0.15) is 5.60 Å². The molecule has 0 aliphatic carbocycles. The maximum atomic E-state index is 12.3. The zero-order valence-electron chi connectivity index (χ0n) is 12.5. The lowest BCUT2D eigenvalue weighted by molar-refractivity contribution is -0.155. The van der Waals surface area contributed by atoms with Gasteiger partial charge in [-0.25, -0.2) is 0 Å². The summed E-state index contributed by atoms with van der Waals surface area (Å²) in [5.41, 5.74) is 0.696. The molecule has 0 fully saturated rings. The van der Waals surface area contributed by atoms with E-state index >= 15 is 0 Å². The monoisotopic (exact) mass is 289 g/mol. The lowest BCUT2D eigenvalue weighted by Gasteiger charge is -2.27. The molecule has 0 aromatic heterocycles. The summed E-state index contributed by atoms with van der Waals surface area (Å²) in [6, 6.07) is 7.04. The number of imide groups is 1. The number of fused-ring (bicyclic) bond motifs is 1. The van der Waals surface area contributed by atoms with E-state index in [-0.39, 0.29) is 31.2 Å². The van der Waals surface area contributed by atoms with Crippen LogP contribution in [0.4, 0.5) is 0 Å². The van der Waals surface area contributed by atoms with Crippen LogP contribution in [0, 0.1) is 0 Å². The number of benzene rings is 1. The van der Waals surface area contributed by atoms with E-state index < -0.39 is 11.6 Å². The normalized spacial score (nSPS) is 14.9. The molecule has 0 radical (unpaired) electrons. The van der Waals surface area contributed by atoms with Crippen molar-refractivity contribution < 1.29 is 19.1 Å². The average molecular weight is 289 g/mol. The van der Waals surface area contributed by atoms with Crippen LogP contribution in [0.15, 0.2) is 24.3 Å². The van der Waals surface area contributed by atoms with Crippen LogP contribution < -0.4 is 0 Å². The Balaban J connectivity index is 2.03. The molecule has 2 amide bonds. The summed E-state index contributed by atoms with van der Waals surface area (Å²) in [7, 11) is 0. The van der Waals surface area contributed by atoms with Gasteiger partial charge in [-0.2, -0.15) is 0 Å². The van der Waals surface area contributed by atoms with E-state index in [1.54, 1.807) is 45.0 Å². The first kappa shape index (κ1) is 15.2. The van der Waals surface area contributed by atoms with Gasteiger partial charge < -0.3 is 4.74 Å². The Labute approximate surface area is 123 Å². The summed E-state index contributed by atoms with van der Waals surface area (Å²) < 4.78 is 5.18. The molecular formula is C16H19NO4. The zero-order chi connectivity index (χ0) is 15.6. The van der Waals surface area contributed by atoms with Gasteiger partial charge in [0.15, 0.2) is 0 Å².